The summed E-state index contributed by atoms with van der Waals surface area (Å²) in [6.07, 6.45) is 5.06. The summed E-state index contributed by atoms with van der Waals surface area (Å²) in [5.74, 6) is -6.70. The molecule has 12 unspecified atom stereocenters. The number of aliphatic hydroxyl groups excluding tert-OH is 1. The average molecular weight is 1340 g/mol. The van der Waals surface area contributed by atoms with E-state index in [1.807, 2.05) is 45.9 Å². The fraction of sp³-hybridized carbons (Fsp3) is 0.629. The Morgan fingerprint density at radius 1 is 0.760 bits per heavy atom. The second-order valence-electron chi connectivity index (χ2n) is 26.3. The van der Waals surface area contributed by atoms with Crippen molar-refractivity contribution < 1.29 is 72.1 Å². The number of nitrogens with two attached hydrogens (primary N) is 1. The molecule has 4 rings (SSSR count). The molecule has 2 heterocycles. The Labute approximate surface area is 566 Å². The molecule has 26 nitrogen and oxygen atoms in total. The van der Waals surface area contributed by atoms with Crippen LogP contribution in [0.4, 0.5) is 15.3 Å². The van der Waals surface area contributed by atoms with Crippen LogP contribution in [0.5, 0.6) is 0 Å². The minimum atomic E-state index is -1.09. The summed E-state index contributed by atoms with van der Waals surface area (Å²) in [6.45, 7) is 18.8. The number of imide groups is 1. The number of hydrogen-bond acceptors (Lipinski definition) is 15. The van der Waals surface area contributed by atoms with Gasteiger partial charge < -0.3 is 61.4 Å². The zero-order valence-corrected chi connectivity index (χ0v) is 58.7. The first-order valence-electron chi connectivity index (χ1n) is 33.7. The molecule has 0 radical (unpaired) electrons. The quantitative estimate of drug-likeness (QED) is 0.0223. The number of urea groups is 1. The number of benzene rings is 2. The van der Waals surface area contributed by atoms with E-state index < -0.39 is 102 Å². The van der Waals surface area contributed by atoms with Crippen molar-refractivity contribution in [2.75, 3.05) is 53.3 Å². The average Bonchev–Trinajstić information content (AvgIpc) is 1.38. The molecular weight excluding hydrogens is 1230 g/mol. The fourth-order valence-corrected chi connectivity index (χ4v) is 12.2. The van der Waals surface area contributed by atoms with Gasteiger partial charge in [0.05, 0.1) is 54.7 Å². The Morgan fingerprint density at radius 3 is 2.00 bits per heavy atom. The highest BCUT2D eigenvalue weighted by molar-refractivity contribution is 6.12. The molecule has 532 valence electrons. The molecule has 1 saturated heterocycles. The monoisotopic (exact) mass is 1340 g/mol. The maximum Gasteiger partial charge on any atom is 0.410 e. The third kappa shape index (κ3) is 23.9. The lowest BCUT2D eigenvalue weighted by atomic mass is 9.88. The van der Waals surface area contributed by atoms with Crippen molar-refractivity contribution in [1.82, 2.24) is 40.9 Å². The number of amides is 12. The van der Waals surface area contributed by atoms with Gasteiger partial charge in [-0.2, -0.15) is 0 Å². The van der Waals surface area contributed by atoms with Crippen molar-refractivity contribution in [3.05, 3.63) is 77.9 Å². The van der Waals surface area contributed by atoms with Crippen LogP contribution in [0.1, 0.15) is 157 Å². The van der Waals surface area contributed by atoms with Crippen LogP contribution in [0.15, 0.2) is 71.7 Å². The predicted molar refractivity (Wildman–Crippen MR) is 363 cm³/mol. The second kappa shape index (κ2) is 39.8. The third-order valence-electron chi connectivity index (χ3n) is 18.1. The number of nitrogens with one attached hydrogen (secondary N) is 5. The molecule has 1 fully saturated rings. The number of rotatable bonds is 39. The van der Waals surface area contributed by atoms with Crippen LogP contribution in [-0.4, -0.2) is 193 Å². The van der Waals surface area contributed by atoms with Gasteiger partial charge in [-0.1, -0.05) is 118 Å². The van der Waals surface area contributed by atoms with Crippen LogP contribution in [0.25, 0.3) is 0 Å². The molecule has 12 atom stereocenters. The molecule has 2 aromatic rings. The van der Waals surface area contributed by atoms with Gasteiger partial charge in [0.2, 0.25) is 35.4 Å². The largest absolute Gasteiger partial charge is 0.445 e. The van der Waals surface area contributed by atoms with E-state index in [1.54, 1.807) is 94.8 Å². The molecule has 0 aliphatic carbocycles. The van der Waals surface area contributed by atoms with Crippen LogP contribution in [0.3, 0.4) is 0 Å². The number of carbonyl (C=O) groups is 11. The first-order valence-corrected chi connectivity index (χ1v) is 33.7. The zero-order chi connectivity index (χ0) is 71.5. The number of carbonyl (C=O) groups excluding carboxylic acids is 11. The van der Waals surface area contributed by atoms with Crippen molar-refractivity contribution >= 4 is 77.2 Å². The van der Waals surface area contributed by atoms with Gasteiger partial charge in [-0.15, -0.1) is 0 Å². The number of likely N-dealkylation sites (tertiary alicyclic amines) is 1. The van der Waals surface area contributed by atoms with Gasteiger partial charge in [-0.05, 0) is 98.8 Å². The molecule has 2 aromatic carbocycles. The fourth-order valence-electron chi connectivity index (χ4n) is 12.2. The molecule has 0 bridgehead atoms. The maximum absolute atomic E-state index is 14.7. The molecule has 2 aliphatic heterocycles. The number of hydrogen-bond donors (Lipinski definition) is 7. The van der Waals surface area contributed by atoms with Crippen molar-refractivity contribution in [3.63, 3.8) is 0 Å². The molecule has 96 heavy (non-hydrogen) atoms. The van der Waals surface area contributed by atoms with E-state index in [0.717, 1.165) is 9.80 Å². The summed E-state index contributed by atoms with van der Waals surface area (Å²) < 4.78 is 17.7. The molecule has 26 heteroatoms. The lowest BCUT2D eigenvalue weighted by Crippen LogP contribution is -2.54. The number of methoxy groups -OCH3 is 2. The van der Waals surface area contributed by atoms with Crippen molar-refractivity contribution in [2.24, 2.45) is 46.2 Å². The second-order valence-corrected chi connectivity index (χ2v) is 26.3. The van der Waals surface area contributed by atoms with Gasteiger partial charge in [0.1, 0.15) is 24.7 Å². The first-order chi connectivity index (χ1) is 45.5. The first kappa shape index (κ1) is 80.3. The Kier molecular flexibility index (Phi) is 33.3. The zero-order valence-electron chi connectivity index (χ0n) is 58.7. The number of likely N-dealkylation sites (N-methyl/N-ethyl adjacent to an activating group) is 2. The van der Waals surface area contributed by atoms with Gasteiger partial charge in [0.15, 0.2) is 0 Å². The SMILES string of the molecule is CCC(C)C(C(CC(=O)N1CCCC1C(OC)C(C)C(=O)NC(C)C(O)c1ccccc1)OC)N(C)C(=O)C(C=NC(=O)C(C(C)C)N(C)C(=O)OCc1ccc(NC(=O)C(CCCCNC(N)=O)NC(=O)C(NC(=O)CCCCCN2C(=O)C=CC2=O)C(C)C)cc1)C(C)C. The normalized spacial score (nSPS) is 17.4. The molecule has 0 saturated carbocycles. The Bertz CT molecular complexity index is 2960. The Hall–Kier alpha value is -8.10. The maximum atomic E-state index is 14.7. The van der Waals surface area contributed by atoms with E-state index in [2.05, 4.69) is 31.6 Å². The van der Waals surface area contributed by atoms with Gasteiger partial charge in [-0.3, -0.25) is 53.0 Å². The molecule has 0 aromatic heterocycles. The standard InChI is InChI=1S/C70H107N11O15/c1-15-45(8)61(54(94-13)39-58(85)80-38-24-28-53(80)63(95-14)46(9)64(87)74-47(10)62(86)49-25-18-16-19-26-49)78(11)68(91)51(42(2)3)40-73-67(90)60(44(6)7)79(12)70(93)96-41-48-30-32-50(33-31-48)75-65(88)52(27-21-22-36-72-69(71)92)76-66(89)59(43(4)5)77-55(82)29-20-17-23-37-81-56(83)34-35-57(81)84/h16,18-19,25-26,30-35,40,42-47,51-54,59-63,86H,15,17,20-24,27-29,36-39,41H2,1-14H3,(H,74,87)(H,75,88)(H,76,89)(H,77,82)(H3,71,72,92). The van der Waals surface area contributed by atoms with E-state index in [1.165, 1.54) is 39.6 Å². The van der Waals surface area contributed by atoms with Crippen LogP contribution >= 0.6 is 0 Å². The van der Waals surface area contributed by atoms with Gasteiger partial charge in [-0.25, -0.2) is 14.6 Å². The summed E-state index contributed by atoms with van der Waals surface area (Å²) in [5.41, 5.74) is 6.78. The lowest BCUT2D eigenvalue weighted by Gasteiger charge is -2.40. The van der Waals surface area contributed by atoms with Crippen LogP contribution in [0, 0.1) is 35.5 Å². The molecule has 12 amide bonds. The molecule has 0 spiro atoms. The molecule has 2 aliphatic rings. The van der Waals surface area contributed by atoms with Crippen LogP contribution in [-0.2, 0) is 64.0 Å². The number of aliphatic hydroxyl groups is 1. The van der Waals surface area contributed by atoms with Crippen LogP contribution in [0.2, 0.25) is 0 Å². The highest BCUT2D eigenvalue weighted by atomic mass is 16.6. The Morgan fingerprint density at radius 2 is 1.42 bits per heavy atom. The smallest absolute Gasteiger partial charge is 0.410 e. The van der Waals surface area contributed by atoms with E-state index in [9.17, 15) is 57.8 Å². The van der Waals surface area contributed by atoms with E-state index in [4.69, 9.17) is 19.9 Å². The summed E-state index contributed by atoms with van der Waals surface area (Å²) in [4.78, 5) is 156. The van der Waals surface area contributed by atoms with Crippen molar-refractivity contribution in [1.29, 1.82) is 0 Å². The summed E-state index contributed by atoms with van der Waals surface area (Å²) in [6, 6.07) is 10.0. The van der Waals surface area contributed by atoms with E-state index in [-0.39, 0.29) is 92.2 Å². The van der Waals surface area contributed by atoms with E-state index in [0.29, 0.717) is 74.7 Å². The lowest BCUT2D eigenvalue weighted by molar-refractivity contribution is -0.147. The van der Waals surface area contributed by atoms with Crippen LogP contribution < -0.4 is 32.3 Å². The van der Waals surface area contributed by atoms with Gasteiger partial charge in [0, 0.05) is 78.4 Å². The summed E-state index contributed by atoms with van der Waals surface area (Å²) in [5, 5.41) is 24.8. The molecular formula is C70H107N11O15. The van der Waals surface area contributed by atoms with Crippen molar-refractivity contribution in [3.8, 4) is 0 Å². The summed E-state index contributed by atoms with van der Waals surface area (Å²) >= 11 is 0. The minimum absolute atomic E-state index is 0.0748. The third-order valence-corrected chi connectivity index (χ3v) is 18.1. The highest BCUT2D eigenvalue weighted by Crippen LogP contribution is 2.31. The van der Waals surface area contributed by atoms with Crippen molar-refractivity contribution in [2.45, 2.75) is 201 Å². The topological polar surface area (TPSA) is 347 Å². The van der Waals surface area contributed by atoms with Gasteiger partial charge >= 0.3 is 12.1 Å². The Balaban J connectivity index is 1.38. The number of anilines is 1. The number of unbranched alkanes of at least 4 members (excludes halogenated alkanes) is 3. The highest BCUT2D eigenvalue weighted by Gasteiger charge is 2.43. The number of primary amides is 1. The summed E-state index contributed by atoms with van der Waals surface area (Å²) in [7, 11) is 6.11. The number of aliphatic imine (C=N–C) groups is 1. The number of nitrogens with zero attached hydrogens (tertiary/aromatic N) is 5. The van der Waals surface area contributed by atoms with E-state index >= 15 is 0 Å². The minimum Gasteiger partial charge on any atom is -0.445 e. The number of ether oxygens (including phenoxy) is 3. The predicted octanol–water partition coefficient (Wildman–Crippen LogP) is 6.20. The molecule has 8 N–H and O–H groups in total. The van der Waals surface area contributed by atoms with Gasteiger partial charge in [0.25, 0.3) is 17.7 Å².